The maximum Gasteiger partial charge on any atom is 0.230 e. The van der Waals surface area contributed by atoms with E-state index in [1.165, 1.54) is 0 Å². The summed E-state index contributed by atoms with van der Waals surface area (Å²) in [6.45, 7) is 3.97. The number of hydrogen-bond acceptors (Lipinski definition) is 3. The van der Waals surface area contributed by atoms with E-state index in [0.29, 0.717) is 11.5 Å². The van der Waals surface area contributed by atoms with Gasteiger partial charge in [-0.25, -0.2) is 0 Å². The van der Waals surface area contributed by atoms with Crippen LogP contribution in [0.25, 0.3) is 11.3 Å². The molecule has 4 nitrogen and oxygen atoms in total. The lowest BCUT2D eigenvalue weighted by molar-refractivity contribution is -0.115. The van der Waals surface area contributed by atoms with E-state index in [0.717, 1.165) is 22.4 Å². The molecule has 0 spiro atoms. The fourth-order valence-electron chi connectivity index (χ4n) is 2.36. The Morgan fingerprint density at radius 2 is 1.87 bits per heavy atom. The molecule has 0 aliphatic carbocycles. The van der Waals surface area contributed by atoms with E-state index in [2.05, 4.69) is 10.5 Å². The van der Waals surface area contributed by atoms with Crippen LogP contribution in [-0.4, -0.2) is 11.1 Å². The maximum atomic E-state index is 12.2. The summed E-state index contributed by atoms with van der Waals surface area (Å²) < 4.78 is 5.31. The Balaban J connectivity index is 1.69. The minimum Gasteiger partial charge on any atom is -0.356 e. The first kappa shape index (κ1) is 15.0. The Bertz CT molecular complexity index is 822. The number of nitrogens with zero attached hydrogens (tertiary/aromatic N) is 1. The lowest BCUT2D eigenvalue weighted by Crippen LogP contribution is -2.15. The van der Waals surface area contributed by atoms with Gasteiger partial charge in [-0.3, -0.25) is 4.79 Å². The largest absolute Gasteiger partial charge is 0.356 e. The number of aryl methyl sites for hydroxylation is 2. The highest BCUT2D eigenvalue weighted by molar-refractivity contribution is 5.92. The van der Waals surface area contributed by atoms with Crippen molar-refractivity contribution in [2.45, 2.75) is 20.3 Å². The highest BCUT2D eigenvalue weighted by Crippen LogP contribution is 2.21. The van der Waals surface area contributed by atoms with Gasteiger partial charge in [-0.2, -0.15) is 0 Å². The van der Waals surface area contributed by atoms with Crippen LogP contribution in [0.5, 0.6) is 0 Å². The molecule has 1 amide bonds. The van der Waals surface area contributed by atoms with Gasteiger partial charge in [0.05, 0.1) is 12.1 Å². The van der Waals surface area contributed by atoms with E-state index in [4.69, 9.17) is 4.52 Å². The molecule has 1 aromatic heterocycles. The Morgan fingerprint density at radius 3 is 2.65 bits per heavy atom. The molecule has 0 bridgehead atoms. The molecule has 0 aliphatic heterocycles. The minimum absolute atomic E-state index is 0.105. The molecule has 0 radical (unpaired) electrons. The van der Waals surface area contributed by atoms with Crippen LogP contribution in [0.2, 0.25) is 0 Å². The lowest BCUT2D eigenvalue weighted by Gasteiger charge is -2.08. The predicted octanol–water partition coefficient (Wildman–Crippen LogP) is 4.14. The number of anilines is 1. The van der Waals surface area contributed by atoms with Crippen molar-refractivity contribution < 1.29 is 9.32 Å². The van der Waals surface area contributed by atoms with Crippen molar-refractivity contribution >= 4 is 11.6 Å². The molecule has 23 heavy (non-hydrogen) atoms. The number of aromatic nitrogens is 1. The van der Waals surface area contributed by atoms with E-state index >= 15 is 0 Å². The number of rotatable bonds is 4. The molecule has 1 heterocycles. The summed E-state index contributed by atoms with van der Waals surface area (Å²) in [7, 11) is 0. The highest BCUT2D eigenvalue weighted by atomic mass is 16.5. The van der Waals surface area contributed by atoms with Gasteiger partial charge < -0.3 is 9.84 Å². The van der Waals surface area contributed by atoms with Gasteiger partial charge in [0.25, 0.3) is 0 Å². The van der Waals surface area contributed by atoms with Gasteiger partial charge in [0, 0.05) is 17.3 Å². The molecular weight excluding hydrogens is 288 g/mol. The first-order valence-electron chi connectivity index (χ1n) is 7.50. The molecule has 0 aliphatic rings. The van der Waals surface area contributed by atoms with Gasteiger partial charge >= 0.3 is 0 Å². The van der Waals surface area contributed by atoms with Gasteiger partial charge in [0.1, 0.15) is 0 Å². The van der Waals surface area contributed by atoms with Crippen molar-refractivity contribution in [2.24, 2.45) is 0 Å². The van der Waals surface area contributed by atoms with Gasteiger partial charge in [-0.05, 0) is 31.0 Å². The molecule has 116 valence electrons. The molecule has 4 heteroatoms. The summed E-state index contributed by atoms with van der Waals surface area (Å²) in [6, 6.07) is 17.5. The Labute approximate surface area is 135 Å². The lowest BCUT2D eigenvalue weighted by atomic mass is 10.1. The monoisotopic (exact) mass is 306 g/mol. The summed E-state index contributed by atoms with van der Waals surface area (Å²) in [5, 5.41) is 6.91. The zero-order valence-electron chi connectivity index (χ0n) is 13.2. The molecule has 3 aromatic rings. The third-order valence-corrected chi connectivity index (χ3v) is 3.63. The van der Waals surface area contributed by atoms with Crippen LogP contribution >= 0.6 is 0 Å². The fourth-order valence-corrected chi connectivity index (χ4v) is 2.36. The van der Waals surface area contributed by atoms with Gasteiger partial charge in [-0.15, -0.1) is 0 Å². The molecule has 0 atom stereocenters. The Hall–Kier alpha value is -2.88. The summed E-state index contributed by atoms with van der Waals surface area (Å²) in [5.41, 5.74) is 4.54. The first-order chi connectivity index (χ1) is 11.1. The number of hydrogen-bond donors (Lipinski definition) is 1. The number of carbonyl (C=O) groups is 1. The molecule has 0 unspecified atom stereocenters. The number of carbonyl (C=O) groups excluding carboxylic acids is 1. The van der Waals surface area contributed by atoms with E-state index < -0.39 is 0 Å². The fraction of sp³-hybridized carbons (Fsp3) is 0.158. The van der Waals surface area contributed by atoms with Crippen LogP contribution in [0.4, 0.5) is 5.69 Å². The van der Waals surface area contributed by atoms with Crippen molar-refractivity contribution in [1.82, 2.24) is 5.16 Å². The molecule has 3 rings (SSSR count). The number of amides is 1. The molecule has 0 saturated heterocycles. The van der Waals surface area contributed by atoms with Gasteiger partial charge in [0.15, 0.2) is 5.76 Å². The van der Waals surface area contributed by atoms with Crippen molar-refractivity contribution in [3.05, 3.63) is 71.4 Å². The quantitative estimate of drug-likeness (QED) is 0.788. The zero-order valence-corrected chi connectivity index (χ0v) is 13.2. The second kappa shape index (κ2) is 6.48. The van der Waals surface area contributed by atoms with Gasteiger partial charge in [-0.1, -0.05) is 47.6 Å². The van der Waals surface area contributed by atoms with Crippen LogP contribution < -0.4 is 5.32 Å². The standard InChI is InChI=1S/C19H18N2O2/c1-13-8-9-14(2)17(10-13)20-19(22)12-16-11-18(23-21-16)15-6-4-3-5-7-15/h3-11H,12H2,1-2H3,(H,20,22). The third kappa shape index (κ3) is 3.66. The normalized spacial score (nSPS) is 10.5. The SMILES string of the molecule is Cc1ccc(C)c(NC(=O)Cc2cc(-c3ccccc3)on2)c1. The summed E-state index contributed by atoms with van der Waals surface area (Å²) in [5.74, 6) is 0.562. The van der Waals surface area contributed by atoms with E-state index in [1.807, 2.05) is 62.4 Å². The minimum atomic E-state index is -0.105. The van der Waals surface area contributed by atoms with Crippen LogP contribution in [0.3, 0.4) is 0 Å². The zero-order chi connectivity index (χ0) is 16.2. The summed E-state index contributed by atoms with van der Waals surface area (Å²) >= 11 is 0. The second-order valence-corrected chi connectivity index (χ2v) is 5.59. The Morgan fingerprint density at radius 1 is 1.09 bits per heavy atom. The van der Waals surface area contributed by atoms with E-state index in [-0.39, 0.29) is 12.3 Å². The predicted molar refractivity (Wildman–Crippen MR) is 90.2 cm³/mol. The van der Waals surface area contributed by atoms with Crippen LogP contribution in [0.1, 0.15) is 16.8 Å². The average molecular weight is 306 g/mol. The van der Waals surface area contributed by atoms with Crippen LogP contribution in [0.15, 0.2) is 59.1 Å². The third-order valence-electron chi connectivity index (χ3n) is 3.63. The highest BCUT2D eigenvalue weighted by Gasteiger charge is 2.11. The van der Waals surface area contributed by atoms with Crippen molar-refractivity contribution in [3.8, 4) is 11.3 Å². The molecule has 0 saturated carbocycles. The topological polar surface area (TPSA) is 55.1 Å². The summed E-state index contributed by atoms with van der Waals surface area (Å²) in [6.07, 6.45) is 0.184. The average Bonchev–Trinajstić information content (AvgIpc) is 3.00. The van der Waals surface area contributed by atoms with Crippen LogP contribution in [-0.2, 0) is 11.2 Å². The smallest absolute Gasteiger partial charge is 0.230 e. The van der Waals surface area contributed by atoms with Crippen molar-refractivity contribution in [2.75, 3.05) is 5.32 Å². The molecule has 2 aromatic carbocycles. The van der Waals surface area contributed by atoms with E-state index in [9.17, 15) is 4.79 Å². The van der Waals surface area contributed by atoms with Crippen molar-refractivity contribution in [1.29, 1.82) is 0 Å². The summed E-state index contributed by atoms with van der Waals surface area (Å²) in [4.78, 5) is 12.2. The van der Waals surface area contributed by atoms with Gasteiger partial charge in [0.2, 0.25) is 5.91 Å². The second-order valence-electron chi connectivity index (χ2n) is 5.59. The number of nitrogens with one attached hydrogen (secondary N) is 1. The van der Waals surface area contributed by atoms with Crippen molar-refractivity contribution in [3.63, 3.8) is 0 Å². The molecule has 1 N–H and O–H groups in total. The molecule has 0 fully saturated rings. The van der Waals surface area contributed by atoms with E-state index in [1.54, 1.807) is 6.07 Å². The number of benzene rings is 2. The molecular formula is C19H18N2O2. The van der Waals surface area contributed by atoms with Crippen LogP contribution in [0, 0.1) is 13.8 Å². The first-order valence-corrected chi connectivity index (χ1v) is 7.50. The Kier molecular flexibility index (Phi) is 4.24. The maximum absolute atomic E-state index is 12.2.